The topological polar surface area (TPSA) is 37.3 Å². The first-order chi connectivity index (χ1) is 5.07. The van der Waals surface area contributed by atoms with Gasteiger partial charge in [-0.2, -0.15) is 0 Å². The van der Waals surface area contributed by atoms with E-state index in [9.17, 15) is 4.79 Å². The molecule has 11 heavy (non-hydrogen) atoms. The highest BCUT2D eigenvalue weighted by Crippen LogP contribution is 2.16. The molecule has 2 heteroatoms. The first kappa shape index (κ1) is 10.2. The Bertz CT molecular complexity index is 140. The summed E-state index contributed by atoms with van der Waals surface area (Å²) in [5.41, 5.74) is 0. The van der Waals surface area contributed by atoms with E-state index in [2.05, 4.69) is 20.4 Å². The highest BCUT2D eigenvalue weighted by molar-refractivity contribution is 5.66. The Balaban J connectivity index is 3.59. The third-order valence-corrected chi connectivity index (χ3v) is 2.08. The minimum Gasteiger partial charge on any atom is -0.481 e. The predicted molar refractivity (Wildman–Crippen MR) is 45.4 cm³/mol. The number of hydrogen-bond acceptors (Lipinski definition) is 1. The molecule has 0 radical (unpaired) electrons. The normalized spacial score (nSPS) is 15.5. The number of hydrogen-bond donors (Lipinski definition) is 1. The molecule has 0 aliphatic heterocycles. The molecule has 0 aromatic rings. The summed E-state index contributed by atoms with van der Waals surface area (Å²) in [5, 5.41) is 8.39. The van der Waals surface area contributed by atoms with E-state index in [0.717, 1.165) is 6.42 Å². The molecule has 2 unspecified atom stereocenters. The first-order valence-corrected chi connectivity index (χ1v) is 3.92. The number of carboxylic acid groups (broad SMARTS) is 1. The molecule has 0 spiro atoms. The molecule has 2 atom stereocenters. The second-order valence-corrected chi connectivity index (χ2v) is 3.00. The van der Waals surface area contributed by atoms with E-state index in [4.69, 9.17) is 5.11 Å². The van der Waals surface area contributed by atoms with Crippen molar-refractivity contribution in [2.75, 3.05) is 0 Å². The van der Waals surface area contributed by atoms with Gasteiger partial charge in [0.25, 0.3) is 0 Å². The lowest BCUT2D eigenvalue weighted by molar-refractivity contribution is -0.137. The Morgan fingerprint density at radius 1 is 1.64 bits per heavy atom. The number of carboxylic acids is 1. The average Bonchev–Trinajstić information content (AvgIpc) is 1.98. The highest BCUT2D eigenvalue weighted by Gasteiger charge is 2.09. The molecule has 0 aliphatic rings. The fraction of sp³-hybridized carbons (Fsp3) is 0.667. The molecule has 0 heterocycles. The van der Waals surface area contributed by atoms with Gasteiger partial charge in [-0.05, 0) is 18.3 Å². The smallest absolute Gasteiger partial charge is 0.303 e. The third kappa shape index (κ3) is 4.59. The Morgan fingerprint density at radius 2 is 2.18 bits per heavy atom. The molecule has 0 fully saturated rings. The number of carbonyl (C=O) groups is 1. The van der Waals surface area contributed by atoms with E-state index in [1.54, 1.807) is 0 Å². The Hall–Kier alpha value is -0.790. The second-order valence-electron chi connectivity index (χ2n) is 3.00. The van der Waals surface area contributed by atoms with Crippen molar-refractivity contribution in [2.45, 2.75) is 26.7 Å². The van der Waals surface area contributed by atoms with E-state index in [1.807, 2.05) is 6.08 Å². The highest BCUT2D eigenvalue weighted by atomic mass is 16.4. The number of aliphatic carboxylic acids is 1. The molecule has 0 aromatic heterocycles. The van der Waals surface area contributed by atoms with Crippen molar-refractivity contribution in [3.63, 3.8) is 0 Å². The fourth-order valence-corrected chi connectivity index (χ4v) is 0.846. The van der Waals surface area contributed by atoms with Crippen molar-refractivity contribution in [1.82, 2.24) is 0 Å². The van der Waals surface area contributed by atoms with Crippen molar-refractivity contribution in [2.24, 2.45) is 11.8 Å². The molecule has 64 valence electrons. The van der Waals surface area contributed by atoms with Gasteiger partial charge in [0.15, 0.2) is 0 Å². The van der Waals surface area contributed by atoms with Crippen LogP contribution in [0.3, 0.4) is 0 Å². The minimum absolute atomic E-state index is 0.263. The van der Waals surface area contributed by atoms with Gasteiger partial charge in [0, 0.05) is 6.42 Å². The summed E-state index contributed by atoms with van der Waals surface area (Å²) in [4.78, 5) is 10.2. The average molecular weight is 156 g/mol. The summed E-state index contributed by atoms with van der Waals surface area (Å²) in [6.07, 6.45) is 2.87. The zero-order valence-corrected chi connectivity index (χ0v) is 7.21. The van der Waals surface area contributed by atoms with Gasteiger partial charge in [-0.15, -0.1) is 6.58 Å². The lowest BCUT2D eigenvalue weighted by atomic mass is 9.92. The standard InChI is InChI=1S/C9H16O2/c1-4-7(2)8(3)5-6-9(10)11/h4,7-8H,1,5-6H2,2-3H3,(H,10,11). The van der Waals surface area contributed by atoms with Crippen LogP contribution in [-0.2, 0) is 4.79 Å². The molecule has 0 bridgehead atoms. The van der Waals surface area contributed by atoms with Crippen LogP contribution in [-0.4, -0.2) is 11.1 Å². The SMILES string of the molecule is C=CC(C)C(C)CCC(=O)O. The van der Waals surface area contributed by atoms with E-state index < -0.39 is 5.97 Å². The summed E-state index contributed by atoms with van der Waals surface area (Å²) in [5.74, 6) is 0.117. The summed E-state index contributed by atoms with van der Waals surface area (Å²) < 4.78 is 0. The number of rotatable bonds is 5. The van der Waals surface area contributed by atoms with Gasteiger partial charge in [-0.1, -0.05) is 19.9 Å². The van der Waals surface area contributed by atoms with Crippen LogP contribution in [0.25, 0.3) is 0 Å². The van der Waals surface area contributed by atoms with Crippen LogP contribution >= 0.6 is 0 Å². The van der Waals surface area contributed by atoms with Gasteiger partial charge in [0.05, 0.1) is 0 Å². The summed E-state index contributed by atoms with van der Waals surface area (Å²) >= 11 is 0. The number of allylic oxidation sites excluding steroid dienone is 1. The quantitative estimate of drug-likeness (QED) is 0.620. The Morgan fingerprint density at radius 3 is 2.55 bits per heavy atom. The summed E-state index contributed by atoms with van der Waals surface area (Å²) in [6.45, 7) is 7.77. The van der Waals surface area contributed by atoms with Crippen LogP contribution in [0.15, 0.2) is 12.7 Å². The maximum absolute atomic E-state index is 10.2. The molecular formula is C9H16O2. The third-order valence-electron chi connectivity index (χ3n) is 2.08. The first-order valence-electron chi connectivity index (χ1n) is 3.92. The fourth-order valence-electron chi connectivity index (χ4n) is 0.846. The van der Waals surface area contributed by atoms with Crippen molar-refractivity contribution in [3.05, 3.63) is 12.7 Å². The molecule has 0 saturated carbocycles. The zero-order valence-electron chi connectivity index (χ0n) is 7.21. The lowest BCUT2D eigenvalue weighted by Crippen LogP contribution is -2.07. The monoisotopic (exact) mass is 156 g/mol. The summed E-state index contributed by atoms with van der Waals surface area (Å²) in [6, 6.07) is 0. The van der Waals surface area contributed by atoms with Crippen LogP contribution in [0, 0.1) is 11.8 Å². The maximum atomic E-state index is 10.2. The van der Waals surface area contributed by atoms with Gasteiger partial charge in [0.2, 0.25) is 0 Å². The van der Waals surface area contributed by atoms with Crippen LogP contribution in [0.2, 0.25) is 0 Å². The molecular weight excluding hydrogens is 140 g/mol. The molecule has 0 amide bonds. The van der Waals surface area contributed by atoms with E-state index in [1.165, 1.54) is 0 Å². The van der Waals surface area contributed by atoms with Crippen molar-refractivity contribution >= 4 is 5.97 Å². The summed E-state index contributed by atoms with van der Waals surface area (Å²) in [7, 11) is 0. The van der Waals surface area contributed by atoms with Crippen molar-refractivity contribution in [1.29, 1.82) is 0 Å². The second kappa shape index (κ2) is 4.94. The van der Waals surface area contributed by atoms with E-state index in [0.29, 0.717) is 11.8 Å². The molecule has 0 rings (SSSR count). The van der Waals surface area contributed by atoms with Gasteiger partial charge in [0.1, 0.15) is 0 Å². The van der Waals surface area contributed by atoms with Crippen LogP contribution in [0.1, 0.15) is 26.7 Å². The molecule has 0 aromatic carbocycles. The van der Waals surface area contributed by atoms with E-state index >= 15 is 0 Å². The minimum atomic E-state index is -0.715. The van der Waals surface area contributed by atoms with Gasteiger partial charge < -0.3 is 5.11 Å². The van der Waals surface area contributed by atoms with Crippen molar-refractivity contribution in [3.8, 4) is 0 Å². The van der Waals surface area contributed by atoms with Crippen LogP contribution < -0.4 is 0 Å². The van der Waals surface area contributed by atoms with Gasteiger partial charge >= 0.3 is 5.97 Å². The molecule has 0 saturated heterocycles. The van der Waals surface area contributed by atoms with Crippen molar-refractivity contribution < 1.29 is 9.90 Å². The van der Waals surface area contributed by atoms with E-state index in [-0.39, 0.29) is 6.42 Å². The zero-order chi connectivity index (χ0) is 8.85. The van der Waals surface area contributed by atoms with Crippen LogP contribution in [0.4, 0.5) is 0 Å². The maximum Gasteiger partial charge on any atom is 0.303 e. The lowest BCUT2D eigenvalue weighted by Gasteiger charge is -2.14. The molecule has 2 nitrogen and oxygen atoms in total. The van der Waals surface area contributed by atoms with Gasteiger partial charge in [-0.3, -0.25) is 4.79 Å². The van der Waals surface area contributed by atoms with Gasteiger partial charge in [-0.25, -0.2) is 0 Å². The molecule has 0 aliphatic carbocycles. The Labute approximate surface area is 67.9 Å². The molecule has 1 N–H and O–H groups in total. The largest absolute Gasteiger partial charge is 0.481 e. The predicted octanol–water partition coefficient (Wildman–Crippen LogP) is 2.31. The van der Waals surface area contributed by atoms with Crippen LogP contribution in [0.5, 0.6) is 0 Å². The Kier molecular flexibility index (Phi) is 4.59.